The van der Waals surface area contributed by atoms with Crippen LogP contribution in [0.4, 0.5) is 13.2 Å². The van der Waals surface area contributed by atoms with Crippen LogP contribution in [0.5, 0.6) is 11.5 Å². The molecular formula is C12H8F3NO5. The van der Waals surface area contributed by atoms with E-state index in [0.29, 0.717) is 6.07 Å². The summed E-state index contributed by atoms with van der Waals surface area (Å²) in [5, 5.41) is 21.8. The number of nitrogens with zero attached hydrogens (tertiary/aromatic N) is 1. The van der Waals surface area contributed by atoms with E-state index >= 15 is 0 Å². The molecule has 9 heteroatoms. The number of hydrogen-bond acceptors (Lipinski definition) is 5. The lowest BCUT2D eigenvalue weighted by Gasteiger charge is -2.14. The lowest BCUT2D eigenvalue weighted by atomic mass is 10.0. The number of hydrogen-bond donors (Lipinski definition) is 2. The van der Waals surface area contributed by atoms with Crippen molar-refractivity contribution in [3.05, 3.63) is 29.5 Å². The van der Waals surface area contributed by atoms with Gasteiger partial charge in [0.25, 0.3) is 0 Å². The fourth-order valence-corrected chi connectivity index (χ4v) is 1.73. The lowest BCUT2D eigenvalue weighted by molar-refractivity contribution is -0.137. The number of alkyl halides is 3. The second kappa shape index (κ2) is 5.00. The summed E-state index contributed by atoms with van der Waals surface area (Å²) in [6, 6.07) is 2.43. The van der Waals surface area contributed by atoms with Crippen molar-refractivity contribution in [2.45, 2.75) is 6.18 Å². The minimum atomic E-state index is -4.78. The zero-order valence-electron chi connectivity index (χ0n) is 10.4. The summed E-state index contributed by atoms with van der Waals surface area (Å²) < 4.78 is 48.1. The molecule has 1 aromatic carbocycles. The van der Waals surface area contributed by atoms with Crippen LogP contribution in [0.3, 0.4) is 0 Å². The van der Waals surface area contributed by atoms with E-state index in [1.807, 2.05) is 0 Å². The van der Waals surface area contributed by atoms with E-state index in [9.17, 15) is 23.1 Å². The van der Waals surface area contributed by atoms with Crippen molar-refractivity contribution >= 4 is 5.97 Å². The number of phenols is 1. The third-order valence-electron chi connectivity index (χ3n) is 2.64. The molecule has 2 rings (SSSR count). The van der Waals surface area contributed by atoms with Gasteiger partial charge in [-0.2, -0.15) is 13.2 Å². The van der Waals surface area contributed by atoms with Crippen molar-refractivity contribution in [3.63, 3.8) is 0 Å². The number of methoxy groups -OCH3 is 1. The highest BCUT2D eigenvalue weighted by molar-refractivity contribution is 5.86. The Morgan fingerprint density at radius 1 is 1.38 bits per heavy atom. The summed E-state index contributed by atoms with van der Waals surface area (Å²) >= 11 is 0. The second-order valence-corrected chi connectivity index (χ2v) is 3.92. The van der Waals surface area contributed by atoms with E-state index < -0.39 is 40.5 Å². The summed E-state index contributed by atoms with van der Waals surface area (Å²) in [5.41, 5.74) is -2.36. The zero-order chi connectivity index (χ0) is 15.8. The molecule has 2 N–H and O–H groups in total. The van der Waals surface area contributed by atoms with Gasteiger partial charge in [0.15, 0.2) is 11.5 Å². The van der Waals surface area contributed by atoms with Crippen LogP contribution in [0.15, 0.2) is 22.7 Å². The molecule has 1 aromatic heterocycles. The van der Waals surface area contributed by atoms with E-state index in [2.05, 4.69) is 9.68 Å². The first-order valence-electron chi connectivity index (χ1n) is 5.43. The van der Waals surface area contributed by atoms with E-state index in [0.717, 1.165) is 19.2 Å². The van der Waals surface area contributed by atoms with Crippen LogP contribution in [-0.2, 0) is 6.18 Å². The summed E-state index contributed by atoms with van der Waals surface area (Å²) in [5.74, 6) is -3.17. The van der Waals surface area contributed by atoms with Gasteiger partial charge in [-0.1, -0.05) is 5.16 Å². The second-order valence-electron chi connectivity index (χ2n) is 3.92. The number of halogens is 3. The van der Waals surface area contributed by atoms with Gasteiger partial charge in [0, 0.05) is 6.07 Å². The van der Waals surface area contributed by atoms with Gasteiger partial charge in [-0.15, -0.1) is 0 Å². The molecule has 21 heavy (non-hydrogen) atoms. The summed E-state index contributed by atoms with van der Waals surface area (Å²) in [4.78, 5) is 10.7. The number of aromatic nitrogens is 1. The number of aromatic carboxylic acids is 1. The van der Waals surface area contributed by atoms with Crippen LogP contribution < -0.4 is 4.74 Å². The number of ether oxygens (including phenoxy) is 1. The van der Waals surface area contributed by atoms with Gasteiger partial charge in [-0.3, -0.25) is 0 Å². The quantitative estimate of drug-likeness (QED) is 0.905. The Kier molecular flexibility index (Phi) is 3.50. The van der Waals surface area contributed by atoms with Crippen molar-refractivity contribution in [3.8, 4) is 22.8 Å². The number of carboxylic acid groups (broad SMARTS) is 1. The van der Waals surface area contributed by atoms with Crippen molar-refractivity contribution in [1.29, 1.82) is 0 Å². The molecule has 0 aliphatic carbocycles. The Balaban J connectivity index is 2.71. The zero-order valence-corrected chi connectivity index (χ0v) is 10.4. The van der Waals surface area contributed by atoms with Crippen LogP contribution in [0.1, 0.15) is 16.1 Å². The molecule has 0 saturated carbocycles. The molecule has 0 saturated heterocycles. The van der Waals surface area contributed by atoms with E-state index in [1.165, 1.54) is 0 Å². The Hall–Kier alpha value is -2.71. The number of rotatable bonds is 3. The van der Waals surface area contributed by atoms with E-state index in [1.54, 1.807) is 0 Å². The maximum Gasteiger partial charge on any atom is 0.417 e. The summed E-state index contributed by atoms with van der Waals surface area (Å²) in [6.45, 7) is 0. The lowest BCUT2D eigenvalue weighted by Crippen LogP contribution is -2.08. The monoisotopic (exact) mass is 303 g/mol. The van der Waals surface area contributed by atoms with Gasteiger partial charge < -0.3 is 19.5 Å². The summed E-state index contributed by atoms with van der Waals surface area (Å²) in [6.07, 6.45) is -4.78. The minimum absolute atomic E-state index is 0.210. The normalized spacial score (nSPS) is 11.4. The fourth-order valence-electron chi connectivity index (χ4n) is 1.73. The topological polar surface area (TPSA) is 92.8 Å². The molecule has 0 radical (unpaired) electrons. The Labute approximate surface area is 115 Å². The Morgan fingerprint density at radius 2 is 2.05 bits per heavy atom. The predicted molar refractivity (Wildman–Crippen MR) is 62.1 cm³/mol. The first kappa shape index (κ1) is 14.7. The first-order valence-corrected chi connectivity index (χ1v) is 5.43. The molecule has 0 aliphatic rings. The SMILES string of the molecule is COc1ccc(C(F)(F)F)c(-c2cc(C(=O)O)on2)c1O. The number of benzene rings is 1. The van der Waals surface area contributed by atoms with Gasteiger partial charge >= 0.3 is 12.1 Å². The Bertz CT molecular complexity index is 693. The molecule has 0 fully saturated rings. The van der Waals surface area contributed by atoms with Gasteiger partial charge in [0.1, 0.15) is 5.69 Å². The molecule has 0 bridgehead atoms. The van der Waals surface area contributed by atoms with E-state index in [4.69, 9.17) is 9.84 Å². The third kappa shape index (κ3) is 2.62. The predicted octanol–water partition coefficient (Wildman–Crippen LogP) is 2.77. The molecule has 1 heterocycles. The van der Waals surface area contributed by atoms with Crippen molar-refractivity contribution in [2.24, 2.45) is 0 Å². The minimum Gasteiger partial charge on any atom is -0.504 e. The molecule has 2 aromatic rings. The van der Waals surface area contributed by atoms with Crippen molar-refractivity contribution < 1.29 is 37.4 Å². The number of aromatic hydroxyl groups is 1. The van der Waals surface area contributed by atoms with Gasteiger partial charge in [-0.05, 0) is 12.1 Å². The summed E-state index contributed by atoms with van der Waals surface area (Å²) in [7, 11) is 1.16. The molecule has 0 amide bonds. The Morgan fingerprint density at radius 3 is 2.52 bits per heavy atom. The van der Waals surface area contributed by atoms with Gasteiger partial charge in [0.2, 0.25) is 5.76 Å². The number of carboxylic acids is 1. The smallest absolute Gasteiger partial charge is 0.417 e. The molecule has 6 nitrogen and oxygen atoms in total. The van der Waals surface area contributed by atoms with Crippen molar-refractivity contribution in [2.75, 3.05) is 7.11 Å². The largest absolute Gasteiger partial charge is 0.504 e. The van der Waals surface area contributed by atoms with Crippen LogP contribution in [0, 0.1) is 0 Å². The maximum atomic E-state index is 13.0. The molecule has 0 unspecified atom stereocenters. The molecule has 112 valence electrons. The van der Waals surface area contributed by atoms with Crippen LogP contribution >= 0.6 is 0 Å². The molecule has 0 spiro atoms. The van der Waals surface area contributed by atoms with E-state index in [-0.39, 0.29) is 5.75 Å². The highest BCUT2D eigenvalue weighted by atomic mass is 19.4. The molecule has 0 atom stereocenters. The highest BCUT2D eigenvalue weighted by Crippen LogP contribution is 2.45. The standard InChI is InChI=1S/C12H8F3NO5/c1-20-7-3-2-5(12(13,14)15)9(10(7)17)6-4-8(11(18)19)21-16-6/h2-4,17H,1H3,(H,18,19). The maximum absolute atomic E-state index is 13.0. The highest BCUT2D eigenvalue weighted by Gasteiger charge is 2.37. The van der Waals surface area contributed by atoms with Crippen LogP contribution in [0.25, 0.3) is 11.3 Å². The molecular weight excluding hydrogens is 295 g/mol. The third-order valence-corrected chi connectivity index (χ3v) is 2.64. The van der Waals surface area contributed by atoms with Crippen LogP contribution in [0.2, 0.25) is 0 Å². The number of phenolic OH excluding ortho intramolecular Hbond substituents is 1. The average Bonchev–Trinajstić information content (AvgIpc) is 2.86. The fraction of sp³-hybridized carbons (Fsp3) is 0.167. The van der Waals surface area contributed by atoms with Gasteiger partial charge in [-0.25, -0.2) is 4.79 Å². The average molecular weight is 303 g/mol. The van der Waals surface area contributed by atoms with Crippen molar-refractivity contribution in [1.82, 2.24) is 5.16 Å². The number of carbonyl (C=O) groups is 1. The molecule has 0 aliphatic heterocycles. The van der Waals surface area contributed by atoms with Gasteiger partial charge in [0.05, 0.1) is 18.2 Å². The first-order chi connectivity index (χ1) is 9.75. The van der Waals surface area contributed by atoms with Crippen LogP contribution in [-0.4, -0.2) is 28.4 Å².